The molecule has 0 atom stereocenters. The maximum absolute atomic E-state index is 12.7. The lowest BCUT2D eigenvalue weighted by Crippen LogP contribution is -2.16. The second kappa shape index (κ2) is 8.52. The van der Waals surface area contributed by atoms with Crippen LogP contribution in [0, 0.1) is 0 Å². The van der Waals surface area contributed by atoms with E-state index in [1.807, 2.05) is 30.3 Å². The van der Waals surface area contributed by atoms with Crippen molar-refractivity contribution in [1.29, 1.82) is 0 Å². The molecule has 8 nitrogen and oxygen atoms in total. The maximum Gasteiger partial charge on any atom is 0.279 e. The monoisotopic (exact) mass is 404 g/mol. The van der Waals surface area contributed by atoms with Gasteiger partial charge in [0.05, 0.1) is 32.5 Å². The molecule has 0 aliphatic heterocycles. The summed E-state index contributed by atoms with van der Waals surface area (Å²) >= 11 is 0. The van der Waals surface area contributed by atoms with E-state index in [1.54, 1.807) is 55.4 Å². The molecule has 0 saturated carbocycles. The Morgan fingerprint density at radius 1 is 1.07 bits per heavy atom. The molecule has 0 aliphatic rings. The summed E-state index contributed by atoms with van der Waals surface area (Å²) in [6.07, 6.45) is 1.63. The van der Waals surface area contributed by atoms with Gasteiger partial charge in [-0.25, -0.2) is 4.68 Å². The number of benzene rings is 2. The van der Waals surface area contributed by atoms with Crippen molar-refractivity contribution in [3.63, 3.8) is 0 Å². The van der Waals surface area contributed by atoms with Crippen LogP contribution in [-0.4, -0.2) is 35.1 Å². The average Bonchev–Trinajstić information content (AvgIpc) is 3.44. The molecule has 0 radical (unpaired) electrons. The Morgan fingerprint density at radius 3 is 2.67 bits per heavy atom. The number of nitrogens with zero attached hydrogens (tertiary/aromatic N) is 3. The van der Waals surface area contributed by atoms with Gasteiger partial charge in [-0.05, 0) is 23.8 Å². The minimum Gasteiger partial charge on any atom is -0.497 e. The molecule has 2 aromatic heterocycles. The number of amides is 1. The molecule has 8 heteroatoms. The van der Waals surface area contributed by atoms with Crippen molar-refractivity contribution in [2.45, 2.75) is 6.54 Å². The molecule has 0 saturated heterocycles. The van der Waals surface area contributed by atoms with Crippen LogP contribution < -0.4 is 14.8 Å². The van der Waals surface area contributed by atoms with E-state index in [4.69, 9.17) is 14.0 Å². The van der Waals surface area contributed by atoms with Crippen LogP contribution >= 0.6 is 0 Å². The van der Waals surface area contributed by atoms with Crippen LogP contribution in [0.3, 0.4) is 0 Å². The number of methoxy groups -OCH3 is 2. The molecule has 4 rings (SSSR count). The molecule has 2 heterocycles. The SMILES string of the molecule is COc1ccc(OC)c(-c2cc(C(=O)Nc3ccnn3Cc3ccccc3)no2)c1. The van der Waals surface area contributed by atoms with Gasteiger partial charge in [0.25, 0.3) is 5.91 Å². The topological polar surface area (TPSA) is 91.4 Å². The number of anilines is 1. The number of hydrogen-bond acceptors (Lipinski definition) is 6. The van der Waals surface area contributed by atoms with Gasteiger partial charge in [0.2, 0.25) is 0 Å². The summed E-state index contributed by atoms with van der Waals surface area (Å²) in [5.74, 6) is 1.78. The highest BCUT2D eigenvalue weighted by Gasteiger charge is 2.18. The Labute approximate surface area is 173 Å². The predicted molar refractivity (Wildman–Crippen MR) is 111 cm³/mol. The maximum atomic E-state index is 12.7. The van der Waals surface area contributed by atoms with E-state index >= 15 is 0 Å². The van der Waals surface area contributed by atoms with Crippen molar-refractivity contribution >= 4 is 11.7 Å². The first-order valence-electron chi connectivity index (χ1n) is 9.24. The van der Waals surface area contributed by atoms with Gasteiger partial charge in [0.15, 0.2) is 11.5 Å². The molecule has 1 amide bonds. The quantitative estimate of drug-likeness (QED) is 0.503. The van der Waals surface area contributed by atoms with Crippen molar-refractivity contribution in [3.05, 3.63) is 78.1 Å². The highest BCUT2D eigenvalue weighted by atomic mass is 16.5. The van der Waals surface area contributed by atoms with Crippen LogP contribution in [-0.2, 0) is 6.54 Å². The number of aromatic nitrogens is 3. The van der Waals surface area contributed by atoms with E-state index in [0.717, 1.165) is 5.56 Å². The summed E-state index contributed by atoms with van der Waals surface area (Å²) in [4.78, 5) is 12.7. The molecular formula is C22H20N4O4. The second-order valence-electron chi connectivity index (χ2n) is 6.46. The number of ether oxygens (including phenoxy) is 2. The molecule has 152 valence electrons. The molecule has 0 spiro atoms. The average molecular weight is 404 g/mol. The minimum atomic E-state index is -0.401. The Kier molecular flexibility index (Phi) is 5.47. The van der Waals surface area contributed by atoms with Crippen molar-refractivity contribution in [2.75, 3.05) is 19.5 Å². The third-order valence-electron chi connectivity index (χ3n) is 4.55. The lowest BCUT2D eigenvalue weighted by atomic mass is 10.1. The van der Waals surface area contributed by atoms with Crippen LogP contribution in [0.2, 0.25) is 0 Å². The Morgan fingerprint density at radius 2 is 1.90 bits per heavy atom. The summed E-state index contributed by atoms with van der Waals surface area (Å²) < 4.78 is 17.7. The molecule has 4 aromatic rings. The predicted octanol–water partition coefficient (Wildman–Crippen LogP) is 3.86. The highest BCUT2D eigenvalue weighted by molar-refractivity contribution is 6.02. The van der Waals surface area contributed by atoms with E-state index in [2.05, 4.69) is 15.6 Å². The number of carbonyl (C=O) groups is 1. The van der Waals surface area contributed by atoms with Crippen molar-refractivity contribution in [2.24, 2.45) is 0 Å². The molecule has 0 unspecified atom stereocenters. The third-order valence-corrected chi connectivity index (χ3v) is 4.55. The molecule has 0 aliphatic carbocycles. The summed E-state index contributed by atoms with van der Waals surface area (Å²) in [5, 5.41) is 11.0. The largest absolute Gasteiger partial charge is 0.497 e. The molecule has 30 heavy (non-hydrogen) atoms. The van der Waals surface area contributed by atoms with Gasteiger partial charge in [-0.3, -0.25) is 4.79 Å². The Balaban J connectivity index is 1.53. The van der Waals surface area contributed by atoms with Crippen LogP contribution in [0.1, 0.15) is 16.1 Å². The minimum absolute atomic E-state index is 0.141. The van der Waals surface area contributed by atoms with Crippen LogP contribution in [0.15, 0.2) is 71.4 Å². The smallest absolute Gasteiger partial charge is 0.279 e. The standard InChI is InChI=1S/C22H20N4O4/c1-28-16-8-9-19(29-2)17(12-16)20-13-18(25-30-20)22(27)24-21-10-11-23-26(21)14-15-6-4-3-5-7-15/h3-13H,14H2,1-2H3,(H,24,27). The zero-order valence-electron chi connectivity index (χ0n) is 16.5. The van der Waals surface area contributed by atoms with E-state index in [0.29, 0.717) is 35.2 Å². The lowest BCUT2D eigenvalue weighted by molar-refractivity contribution is 0.101. The fourth-order valence-electron chi connectivity index (χ4n) is 3.02. The van der Waals surface area contributed by atoms with Crippen LogP contribution in [0.4, 0.5) is 5.82 Å². The molecule has 0 fully saturated rings. The van der Waals surface area contributed by atoms with Crippen molar-refractivity contribution in [1.82, 2.24) is 14.9 Å². The fourth-order valence-corrected chi connectivity index (χ4v) is 3.02. The zero-order chi connectivity index (χ0) is 20.9. The van der Waals surface area contributed by atoms with E-state index < -0.39 is 5.91 Å². The third kappa shape index (κ3) is 4.02. The second-order valence-corrected chi connectivity index (χ2v) is 6.46. The van der Waals surface area contributed by atoms with Gasteiger partial charge in [-0.1, -0.05) is 35.5 Å². The Bertz CT molecular complexity index is 1150. The van der Waals surface area contributed by atoms with Gasteiger partial charge in [-0.2, -0.15) is 5.10 Å². The van der Waals surface area contributed by atoms with Gasteiger partial charge in [0.1, 0.15) is 17.3 Å². The van der Waals surface area contributed by atoms with Crippen molar-refractivity contribution < 1.29 is 18.8 Å². The van der Waals surface area contributed by atoms with Crippen LogP contribution in [0.25, 0.3) is 11.3 Å². The molecule has 1 N–H and O–H groups in total. The number of carbonyl (C=O) groups excluding carboxylic acids is 1. The van der Waals surface area contributed by atoms with Gasteiger partial charge < -0.3 is 19.3 Å². The summed E-state index contributed by atoms with van der Waals surface area (Å²) in [6, 6.07) is 18.5. The van der Waals surface area contributed by atoms with E-state index in [1.165, 1.54) is 0 Å². The van der Waals surface area contributed by atoms with E-state index in [-0.39, 0.29) is 5.69 Å². The summed E-state index contributed by atoms with van der Waals surface area (Å²) in [7, 11) is 3.13. The number of nitrogens with one attached hydrogen (secondary N) is 1. The van der Waals surface area contributed by atoms with Gasteiger partial charge in [-0.15, -0.1) is 0 Å². The van der Waals surface area contributed by atoms with Crippen molar-refractivity contribution in [3.8, 4) is 22.8 Å². The molecule has 2 aromatic carbocycles. The van der Waals surface area contributed by atoms with E-state index in [9.17, 15) is 4.79 Å². The van der Waals surface area contributed by atoms with Gasteiger partial charge >= 0.3 is 0 Å². The number of hydrogen-bond donors (Lipinski definition) is 1. The number of rotatable bonds is 7. The first kappa shape index (κ1) is 19.3. The molecule has 0 bridgehead atoms. The first-order valence-corrected chi connectivity index (χ1v) is 9.24. The van der Waals surface area contributed by atoms with Crippen LogP contribution in [0.5, 0.6) is 11.5 Å². The molecular weight excluding hydrogens is 384 g/mol. The summed E-state index contributed by atoms with van der Waals surface area (Å²) in [5.41, 5.74) is 1.85. The normalized spacial score (nSPS) is 10.6. The fraction of sp³-hybridized carbons (Fsp3) is 0.136. The Hall–Kier alpha value is -4.07. The lowest BCUT2D eigenvalue weighted by Gasteiger charge is -2.08. The van der Waals surface area contributed by atoms with Gasteiger partial charge in [0, 0.05) is 12.1 Å². The summed E-state index contributed by atoms with van der Waals surface area (Å²) in [6.45, 7) is 0.536. The zero-order valence-corrected chi connectivity index (χ0v) is 16.5. The highest BCUT2D eigenvalue weighted by Crippen LogP contribution is 2.33. The first-order chi connectivity index (χ1) is 14.7.